The molecule has 1 aliphatic heterocycles. The maximum absolute atomic E-state index is 4.56. The van der Waals surface area contributed by atoms with E-state index < -0.39 is 0 Å². The molecule has 0 amide bonds. The number of aryl methyl sites for hydroxylation is 2. The van der Waals surface area contributed by atoms with Gasteiger partial charge in [-0.1, -0.05) is 0 Å². The van der Waals surface area contributed by atoms with Gasteiger partial charge in [0.15, 0.2) is 0 Å². The fourth-order valence-corrected chi connectivity index (χ4v) is 2.58. The van der Waals surface area contributed by atoms with Crippen LogP contribution in [0.4, 0.5) is 0 Å². The number of likely N-dealkylation sites (N-methyl/N-ethyl adjacent to an activating group) is 1. The van der Waals surface area contributed by atoms with Crippen molar-refractivity contribution in [2.45, 2.75) is 39.2 Å². The second-order valence-corrected chi connectivity index (χ2v) is 4.16. The van der Waals surface area contributed by atoms with E-state index >= 15 is 0 Å². The Hall–Kier alpha value is -0.830. The van der Waals surface area contributed by atoms with Gasteiger partial charge in [0.05, 0.1) is 5.69 Å². The largest absolute Gasteiger partial charge is 0.328 e. The van der Waals surface area contributed by atoms with Crippen LogP contribution in [0.15, 0.2) is 0 Å². The van der Waals surface area contributed by atoms with E-state index in [9.17, 15) is 0 Å². The Bertz CT molecular complexity index is 328. The van der Waals surface area contributed by atoms with Crippen LogP contribution in [-0.4, -0.2) is 23.1 Å². The van der Waals surface area contributed by atoms with E-state index in [-0.39, 0.29) is 0 Å². The lowest BCUT2D eigenvalue weighted by molar-refractivity contribution is 0.383. The topological polar surface area (TPSA) is 29.9 Å². The zero-order valence-corrected chi connectivity index (χ0v) is 9.30. The van der Waals surface area contributed by atoms with E-state index in [1.807, 2.05) is 7.05 Å². The third-order valence-corrected chi connectivity index (χ3v) is 3.14. The average Bonchev–Trinajstić information content (AvgIpc) is 2.44. The summed E-state index contributed by atoms with van der Waals surface area (Å²) in [7, 11) is 2.02. The molecule has 0 spiro atoms. The number of fused-ring (bicyclic) bond motifs is 1. The van der Waals surface area contributed by atoms with Gasteiger partial charge >= 0.3 is 0 Å². The molecule has 0 fully saturated rings. The van der Waals surface area contributed by atoms with Crippen LogP contribution < -0.4 is 5.32 Å². The fraction of sp³-hybridized carbons (Fsp3) is 0.727. The summed E-state index contributed by atoms with van der Waals surface area (Å²) in [4.78, 5) is 4.56. The molecule has 0 saturated carbocycles. The Morgan fingerprint density at radius 3 is 3.00 bits per heavy atom. The van der Waals surface area contributed by atoms with Crippen molar-refractivity contribution >= 4 is 0 Å². The monoisotopic (exact) mass is 193 g/mol. The molecule has 1 aromatic heterocycles. The lowest BCUT2D eigenvalue weighted by atomic mass is 10.0. The van der Waals surface area contributed by atoms with Gasteiger partial charge in [-0.25, -0.2) is 4.98 Å². The molecular formula is C11H19N3. The summed E-state index contributed by atoms with van der Waals surface area (Å²) >= 11 is 0. The van der Waals surface area contributed by atoms with Crippen molar-refractivity contribution < 1.29 is 0 Å². The maximum Gasteiger partial charge on any atom is 0.106 e. The van der Waals surface area contributed by atoms with Crippen molar-refractivity contribution in [1.82, 2.24) is 14.9 Å². The summed E-state index contributed by atoms with van der Waals surface area (Å²) in [5.41, 5.74) is 2.68. The molecule has 14 heavy (non-hydrogen) atoms. The van der Waals surface area contributed by atoms with E-state index in [4.69, 9.17) is 0 Å². The Morgan fingerprint density at radius 1 is 1.50 bits per heavy atom. The van der Waals surface area contributed by atoms with Crippen LogP contribution >= 0.6 is 0 Å². The number of nitrogens with one attached hydrogen (secondary N) is 1. The normalized spacial score (nSPS) is 20.9. The van der Waals surface area contributed by atoms with E-state index in [0.29, 0.717) is 6.04 Å². The summed E-state index contributed by atoms with van der Waals surface area (Å²) in [6.45, 7) is 5.30. The number of rotatable bonds is 2. The van der Waals surface area contributed by atoms with Gasteiger partial charge in [0.25, 0.3) is 0 Å². The van der Waals surface area contributed by atoms with Gasteiger partial charge in [-0.15, -0.1) is 0 Å². The van der Waals surface area contributed by atoms with Crippen LogP contribution in [0.5, 0.6) is 0 Å². The van der Waals surface area contributed by atoms with Crippen molar-refractivity contribution in [2.75, 3.05) is 13.6 Å². The van der Waals surface area contributed by atoms with Gasteiger partial charge in [-0.05, 0) is 40.2 Å². The van der Waals surface area contributed by atoms with Crippen molar-refractivity contribution in [1.29, 1.82) is 0 Å². The van der Waals surface area contributed by atoms with Crippen molar-refractivity contribution in [2.24, 2.45) is 0 Å². The molecule has 3 nitrogen and oxygen atoms in total. The quantitative estimate of drug-likeness (QED) is 0.773. The summed E-state index contributed by atoms with van der Waals surface area (Å²) < 4.78 is 2.43. The van der Waals surface area contributed by atoms with Crippen molar-refractivity contribution in [3.63, 3.8) is 0 Å². The minimum Gasteiger partial charge on any atom is -0.328 e. The molecule has 0 aliphatic carbocycles. The number of imidazole rings is 1. The maximum atomic E-state index is 4.56. The molecule has 1 atom stereocenters. The molecule has 0 aromatic carbocycles. The fourth-order valence-electron chi connectivity index (χ4n) is 2.58. The van der Waals surface area contributed by atoms with Crippen LogP contribution in [0.25, 0.3) is 0 Å². The number of nitrogens with zero attached hydrogens (tertiary/aromatic N) is 2. The first kappa shape index (κ1) is 9.71. The predicted octanol–water partition coefficient (Wildman–Crippen LogP) is 1.60. The number of aromatic nitrogens is 2. The van der Waals surface area contributed by atoms with Gasteiger partial charge in [-0.3, -0.25) is 0 Å². The molecule has 3 heteroatoms. The van der Waals surface area contributed by atoms with Crippen LogP contribution in [0.3, 0.4) is 0 Å². The third-order valence-electron chi connectivity index (χ3n) is 3.14. The highest BCUT2D eigenvalue weighted by atomic mass is 15.1. The molecule has 2 heterocycles. The first-order valence-electron chi connectivity index (χ1n) is 5.43. The molecule has 1 aromatic rings. The van der Waals surface area contributed by atoms with E-state index in [2.05, 4.69) is 28.7 Å². The molecule has 78 valence electrons. The Kier molecular flexibility index (Phi) is 2.59. The standard InChI is InChI=1S/C11H19N3/c1-8-11-6-4-5-10(7-12-3)14(11)9(2)13-8/h10,12H,4-7H2,1-3H3. The smallest absolute Gasteiger partial charge is 0.106 e. The molecule has 0 saturated heterocycles. The third kappa shape index (κ3) is 1.46. The second kappa shape index (κ2) is 3.73. The highest BCUT2D eigenvalue weighted by Gasteiger charge is 2.22. The van der Waals surface area contributed by atoms with E-state index in [1.165, 1.54) is 36.5 Å². The van der Waals surface area contributed by atoms with Gasteiger partial charge in [0.2, 0.25) is 0 Å². The molecule has 1 N–H and O–H groups in total. The van der Waals surface area contributed by atoms with Crippen molar-refractivity contribution in [3.05, 3.63) is 17.2 Å². The predicted molar refractivity (Wildman–Crippen MR) is 57.6 cm³/mol. The Morgan fingerprint density at radius 2 is 2.29 bits per heavy atom. The second-order valence-electron chi connectivity index (χ2n) is 4.16. The average molecular weight is 193 g/mol. The summed E-state index contributed by atoms with van der Waals surface area (Å²) in [6.07, 6.45) is 3.79. The van der Waals surface area contributed by atoms with Crippen LogP contribution in [-0.2, 0) is 6.42 Å². The highest BCUT2D eigenvalue weighted by Crippen LogP contribution is 2.27. The van der Waals surface area contributed by atoms with Crippen molar-refractivity contribution in [3.8, 4) is 0 Å². The van der Waals surface area contributed by atoms with Crippen LogP contribution in [0.1, 0.15) is 36.1 Å². The highest BCUT2D eigenvalue weighted by molar-refractivity contribution is 5.18. The SMILES string of the molecule is CNCC1CCCc2c(C)nc(C)n21. The zero-order chi connectivity index (χ0) is 10.1. The van der Waals surface area contributed by atoms with Gasteiger partial charge in [-0.2, -0.15) is 0 Å². The zero-order valence-electron chi connectivity index (χ0n) is 9.30. The molecule has 1 unspecified atom stereocenters. The summed E-state index contributed by atoms with van der Waals surface area (Å²) in [5.74, 6) is 1.18. The molecule has 0 bridgehead atoms. The molecule has 2 rings (SSSR count). The lowest BCUT2D eigenvalue weighted by Crippen LogP contribution is -2.27. The Labute approximate surface area is 85.5 Å². The van der Waals surface area contributed by atoms with E-state index in [0.717, 1.165) is 6.54 Å². The van der Waals surface area contributed by atoms with Gasteiger partial charge in [0.1, 0.15) is 5.82 Å². The van der Waals surface area contributed by atoms with E-state index in [1.54, 1.807) is 0 Å². The first-order chi connectivity index (χ1) is 6.74. The molecule has 1 aliphatic rings. The summed E-state index contributed by atoms with van der Waals surface area (Å²) in [6, 6.07) is 0.616. The lowest BCUT2D eigenvalue weighted by Gasteiger charge is -2.27. The molecular weight excluding hydrogens is 174 g/mol. The number of hydrogen-bond donors (Lipinski definition) is 1. The number of hydrogen-bond acceptors (Lipinski definition) is 2. The minimum absolute atomic E-state index is 0.616. The van der Waals surface area contributed by atoms with Gasteiger partial charge < -0.3 is 9.88 Å². The Balaban J connectivity index is 2.37. The van der Waals surface area contributed by atoms with Gasteiger partial charge in [0, 0.05) is 18.3 Å². The van der Waals surface area contributed by atoms with Crippen LogP contribution in [0, 0.1) is 13.8 Å². The minimum atomic E-state index is 0.616. The first-order valence-corrected chi connectivity index (χ1v) is 5.43. The summed E-state index contributed by atoms with van der Waals surface area (Å²) in [5, 5.41) is 3.27. The molecule has 0 radical (unpaired) electrons. The van der Waals surface area contributed by atoms with Crippen LogP contribution in [0.2, 0.25) is 0 Å².